The van der Waals surface area contributed by atoms with Crippen molar-refractivity contribution < 1.29 is 9.18 Å². The fourth-order valence-electron chi connectivity index (χ4n) is 1.09. The maximum atomic E-state index is 13.4. The summed E-state index contributed by atoms with van der Waals surface area (Å²) < 4.78 is 13.4. The monoisotopic (exact) mass is 221 g/mol. The Kier molecular flexibility index (Phi) is 3.84. The molecule has 1 aromatic rings. The number of anilines is 1. The number of halogens is 1. The molecule has 0 radical (unpaired) electrons. The highest BCUT2D eigenvalue weighted by Crippen LogP contribution is 2.15. The van der Waals surface area contributed by atoms with Crippen LogP contribution < -0.4 is 11.1 Å². The molecule has 5 heteroatoms. The lowest BCUT2D eigenvalue weighted by atomic mass is 10.1. The van der Waals surface area contributed by atoms with E-state index < -0.39 is 11.7 Å². The van der Waals surface area contributed by atoms with Gasteiger partial charge in [0.2, 0.25) is 5.91 Å². The van der Waals surface area contributed by atoms with Gasteiger partial charge in [-0.15, -0.1) is 0 Å². The van der Waals surface area contributed by atoms with E-state index in [1.165, 1.54) is 12.1 Å². The summed E-state index contributed by atoms with van der Waals surface area (Å²) >= 11 is 0. The van der Waals surface area contributed by atoms with E-state index in [1.54, 1.807) is 6.92 Å². The molecule has 0 fully saturated rings. The van der Waals surface area contributed by atoms with Gasteiger partial charge in [0.25, 0.3) is 0 Å². The zero-order chi connectivity index (χ0) is 12.1. The van der Waals surface area contributed by atoms with Crippen LogP contribution in [-0.4, -0.2) is 12.5 Å². The van der Waals surface area contributed by atoms with Crippen molar-refractivity contribution in [2.75, 3.05) is 11.9 Å². The van der Waals surface area contributed by atoms with Crippen LogP contribution in [0, 0.1) is 23.1 Å². The summed E-state index contributed by atoms with van der Waals surface area (Å²) in [5.74, 6) is -1.34. The standard InChI is InChI=1S/C11H12FN3O/c1-7(11(14)16)6-15-10-3-2-8(5-13)4-9(10)12/h2-4,7,15H,6H2,1H3,(H2,14,16). The number of carbonyl (C=O) groups excluding carboxylic acids is 1. The zero-order valence-electron chi connectivity index (χ0n) is 8.83. The van der Waals surface area contributed by atoms with Crippen LogP contribution in [0.4, 0.5) is 10.1 Å². The molecule has 0 bridgehead atoms. The molecular formula is C11H12FN3O. The van der Waals surface area contributed by atoms with Gasteiger partial charge in [-0.1, -0.05) is 6.92 Å². The highest BCUT2D eigenvalue weighted by atomic mass is 19.1. The van der Waals surface area contributed by atoms with E-state index in [4.69, 9.17) is 11.0 Å². The van der Waals surface area contributed by atoms with Crippen LogP contribution in [0.3, 0.4) is 0 Å². The second-order valence-electron chi connectivity index (χ2n) is 3.49. The van der Waals surface area contributed by atoms with Gasteiger partial charge in [-0.2, -0.15) is 5.26 Å². The molecule has 1 unspecified atom stereocenters. The minimum absolute atomic E-state index is 0.256. The molecular weight excluding hydrogens is 209 g/mol. The SMILES string of the molecule is CC(CNc1ccc(C#N)cc1F)C(N)=O. The number of nitrogens with zero attached hydrogens (tertiary/aromatic N) is 1. The van der Waals surface area contributed by atoms with Gasteiger partial charge in [-0.25, -0.2) is 4.39 Å². The first-order valence-corrected chi connectivity index (χ1v) is 4.77. The van der Waals surface area contributed by atoms with Crippen LogP contribution in [0.5, 0.6) is 0 Å². The fraction of sp³-hybridized carbons (Fsp3) is 0.273. The highest BCUT2D eigenvalue weighted by Gasteiger charge is 2.09. The average Bonchev–Trinajstić information content (AvgIpc) is 2.26. The van der Waals surface area contributed by atoms with Crippen molar-refractivity contribution in [2.45, 2.75) is 6.92 Å². The molecule has 1 amide bonds. The molecule has 1 atom stereocenters. The van der Waals surface area contributed by atoms with E-state index in [0.29, 0.717) is 0 Å². The molecule has 1 rings (SSSR count). The number of hydrogen-bond donors (Lipinski definition) is 2. The molecule has 84 valence electrons. The average molecular weight is 221 g/mol. The van der Waals surface area contributed by atoms with Gasteiger partial charge < -0.3 is 11.1 Å². The van der Waals surface area contributed by atoms with E-state index in [-0.39, 0.29) is 23.7 Å². The molecule has 1 aromatic carbocycles. The molecule has 0 saturated heterocycles. The fourth-order valence-corrected chi connectivity index (χ4v) is 1.09. The summed E-state index contributed by atoms with van der Waals surface area (Å²) in [5, 5.41) is 11.3. The number of nitrogens with one attached hydrogen (secondary N) is 1. The van der Waals surface area contributed by atoms with E-state index in [0.717, 1.165) is 6.07 Å². The van der Waals surface area contributed by atoms with Crippen LogP contribution >= 0.6 is 0 Å². The maximum Gasteiger partial charge on any atom is 0.222 e. The number of hydrogen-bond acceptors (Lipinski definition) is 3. The molecule has 16 heavy (non-hydrogen) atoms. The first-order chi connectivity index (χ1) is 7.54. The lowest BCUT2D eigenvalue weighted by molar-refractivity contribution is -0.120. The predicted molar refractivity (Wildman–Crippen MR) is 58.0 cm³/mol. The molecule has 0 aromatic heterocycles. The Morgan fingerprint density at radius 1 is 1.69 bits per heavy atom. The van der Waals surface area contributed by atoms with Crippen molar-refractivity contribution in [2.24, 2.45) is 11.7 Å². The zero-order valence-corrected chi connectivity index (χ0v) is 8.83. The summed E-state index contributed by atoms with van der Waals surface area (Å²) in [6.45, 7) is 1.91. The van der Waals surface area contributed by atoms with Gasteiger partial charge in [-0.3, -0.25) is 4.79 Å². The van der Waals surface area contributed by atoms with Crippen molar-refractivity contribution in [3.63, 3.8) is 0 Å². The van der Waals surface area contributed by atoms with E-state index in [9.17, 15) is 9.18 Å². The lowest BCUT2D eigenvalue weighted by Gasteiger charge is -2.10. The summed E-state index contributed by atoms with van der Waals surface area (Å²) in [6, 6.07) is 5.93. The molecule has 0 saturated carbocycles. The van der Waals surface area contributed by atoms with E-state index in [1.807, 2.05) is 6.07 Å². The third kappa shape index (κ3) is 2.95. The normalized spacial score (nSPS) is 11.6. The Balaban J connectivity index is 2.69. The Hall–Kier alpha value is -2.09. The molecule has 0 aliphatic rings. The molecule has 0 aliphatic heterocycles. The van der Waals surface area contributed by atoms with Gasteiger partial charge in [0.1, 0.15) is 5.82 Å². The Bertz CT molecular complexity index is 439. The highest BCUT2D eigenvalue weighted by molar-refractivity contribution is 5.76. The van der Waals surface area contributed by atoms with Crippen LogP contribution in [-0.2, 0) is 4.79 Å². The first-order valence-electron chi connectivity index (χ1n) is 4.77. The number of rotatable bonds is 4. The molecule has 3 N–H and O–H groups in total. The molecule has 0 heterocycles. The summed E-state index contributed by atoms with van der Waals surface area (Å²) in [6.07, 6.45) is 0. The minimum atomic E-state index is -0.518. The van der Waals surface area contributed by atoms with Gasteiger partial charge >= 0.3 is 0 Å². The molecule has 0 spiro atoms. The van der Waals surface area contributed by atoms with Crippen LogP contribution in [0.25, 0.3) is 0 Å². The number of nitrogens with two attached hydrogens (primary N) is 1. The number of primary amides is 1. The summed E-state index contributed by atoms with van der Waals surface area (Å²) in [5.41, 5.74) is 5.58. The third-order valence-electron chi connectivity index (χ3n) is 2.18. The number of nitriles is 1. The van der Waals surface area contributed by atoms with Crippen molar-refractivity contribution in [3.8, 4) is 6.07 Å². The second-order valence-corrected chi connectivity index (χ2v) is 3.49. The number of benzene rings is 1. The lowest BCUT2D eigenvalue weighted by Crippen LogP contribution is -2.26. The third-order valence-corrected chi connectivity index (χ3v) is 2.18. The van der Waals surface area contributed by atoms with Gasteiger partial charge in [0.05, 0.1) is 23.2 Å². The quantitative estimate of drug-likeness (QED) is 0.802. The van der Waals surface area contributed by atoms with Gasteiger partial charge in [0, 0.05) is 6.54 Å². The predicted octanol–water partition coefficient (Wildman–Crippen LogP) is 1.23. The van der Waals surface area contributed by atoms with Crippen molar-refractivity contribution >= 4 is 11.6 Å². The maximum absolute atomic E-state index is 13.4. The largest absolute Gasteiger partial charge is 0.382 e. The Labute approximate surface area is 92.9 Å². The number of carbonyl (C=O) groups is 1. The van der Waals surface area contributed by atoms with Crippen molar-refractivity contribution in [3.05, 3.63) is 29.6 Å². The Morgan fingerprint density at radius 3 is 2.88 bits per heavy atom. The minimum Gasteiger partial charge on any atom is -0.382 e. The molecule has 0 aliphatic carbocycles. The van der Waals surface area contributed by atoms with E-state index >= 15 is 0 Å². The first kappa shape index (κ1) is 12.0. The Morgan fingerprint density at radius 2 is 2.38 bits per heavy atom. The van der Waals surface area contributed by atoms with Crippen LogP contribution in [0.15, 0.2) is 18.2 Å². The second kappa shape index (κ2) is 5.12. The molecule has 4 nitrogen and oxygen atoms in total. The van der Waals surface area contributed by atoms with Crippen LogP contribution in [0.2, 0.25) is 0 Å². The number of amides is 1. The van der Waals surface area contributed by atoms with Gasteiger partial charge in [0.15, 0.2) is 0 Å². The van der Waals surface area contributed by atoms with E-state index in [2.05, 4.69) is 5.32 Å². The smallest absolute Gasteiger partial charge is 0.222 e. The van der Waals surface area contributed by atoms with Gasteiger partial charge in [-0.05, 0) is 18.2 Å². The van der Waals surface area contributed by atoms with Crippen molar-refractivity contribution in [1.29, 1.82) is 5.26 Å². The topological polar surface area (TPSA) is 78.9 Å². The summed E-state index contributed by atoms with van der Waals surface area (Å²) in [7, 11) is 0. The van der Waals surface area contributed by atoms with Crippen LogP contribution in [0.1, 0.15) is 12.5 Å². The summed E-state index contributed by atoms with van der Waals surface area (Å²) in [4.78, 5) is 10.8. The van der Waals surface area contributed by atoms with Crippen molar-refractivity contribution in [1.82, 2.24) is 0 Å².